The minimum absolute atomic E-state index is 0.224. The van der Waals surface area contributed by atoms with Crippen LogP contribution in [0.15, 0.2) is 6.07 Å². The first-order valence-electron chi connectivity index (χ1n) is 7.15. The van der Waals surface area contributed by atoms with Crippen molar-refractivity contribution in [3.8, 4) is 0 Å². The van der Waals surface area contributed by atoms with Crippen molar-refractivity contribution >= 4 is 0 Å². The molecule has 1 heterocycles. The van der Waals surface area contributed by atoms with E-state index in [1.54, 1.807) is 0 Å². The molecule has 1 atom stereocenters. The summed E-state index contributed by atoms with van der Waals surface area (Å²) in [5.74, 6) is 5.65. The van der Waals surface area contributed by atoms with Gasteiger partial charge in [-0.3, -0.25) is 16.0 Å². The summed E-state index contributed by atoms with van der Waals surface area (Å²) >= 11 is 0. The summed E-state index contributed by atoms with van der Waals surface area (Å²) in [7, 11) is 1.98. The van der Waals surface area contributed by atoms with Gasteiger partial charge in [0, 0.05) is 7.05 Å². The van der Waals surface area contributed by atoms with Crippen molar-refractivity contribution in [1.82, 2.24) is 15.2 Å². The van der Waals surface area contributed by atoms with E-state index in [9.17, 15) is 0 Å². The number of nitrogens with one attached hydrogen (secondary N) is 1. The zero-order valence-electron chi connectivity index (χ0n) is 12.1. The Morgan fingerprint density at radius 2 is 1.94 bits per heavy atom. The van der Waals surface area contributed by atoms with Crippen LogP contribution in [0.25, 0.3) is 0 Å². The van der Waals surface area contributed by atoms with Crippen LogP contribution in [-0.2, 0) is 7.05 Å². The average Bonchev–Trinajstić information content (AvgIpc) is 2.68. The van der Waals surface area contributed by atoms with Gasteiger partial charge in [-0.15, -0.1) is 0 Å². The lowest BCUT2D eigenvalue weighted by Gasteiger charge is -2.15. The molecule has 1 aromatic heterocycles. The van der Waals surface area contributed by atoms with Crippen LogP contribution in [0.2, 0.25) is 0 Å². The fraction of sp³-hybridized carbons (Fsp3) is 0.786. The molecule has 0 aliphatic rings. The Bertz CT molecular complexity index is 333. The van der Waals surface area contributed by atoms with E-state index in [4.69, 9.17) is 5.84 Å². The van der Waals surface area contributed by atoms with Crippen LogP contribution in [0.4, 0.5) is 0 Å². The van der Waals surface area contributed by atoms with Crippen molar-refractivity contribution in [3.63, 3.8) is 0 Å². The van der Waals surface area contributed by atoms with E-state index in [1.165, 1.54) is 44.2 Å². The molecular formula is C14H28N4. The number of rotatable bonds is 9. The van der Waals surface area contributed by atoms with Gasteiger partial charge in [0.05, 0.1) is 17.4 Å². The number of unbranched alkanes of at least 4 members (excludes halogenated alkanes) is 5. The van der Waals surface area contributed by atoms with Crippen LogP contribution < -0.4 is 11.3 Å². The maximum atomic E-state index is 5.65. The molecule has 0 saturated carbocycles. The van der Waals surface area contributed by atoms with Crippen molar-refractivity contribution in [2.45, 2.75) is 64.8 Å². The summed E-state index contributed by atoms with van der Waals surface area (Å²) in [6.07, 6.45) is 8.98. The Morgan fingerprint density at radius 3 is 2.50 bits per heavy atom. The minimum Gasteiger partial charge on any atom is -0.271 e. The van der Waals surface area contributed by atoms with Crippen LogP contribution in [0.3, 0.4) is 0 Å². The lowest BCUT2D eigenvalue weighted by Crippen LogP contribution is -2.29. The average molecular weight is 252 g/mol. The predicted molar refractivity (Wildman–Crippen MR) is 76.0 cm³/mol. The second kappa shape index (κ2) is 8.27. The Balaban J connectivity index is 2.32. The summed E-state index contributed by atoms with van der Waals surface area (Å²) in [6.45, 7) is 4.26. The minimum atomic E-state index is 0.224. The van der Waals surface area contributed by atoms with Crippen LogP contribution in [0.1, 0.15) is 69.3 Å². The number of hydrogen-bond donors (Lipinski definition) is 2. The summed E-state index contributed by atoms with van der Waals surface area (Å²) in [6, 6.07) is 2.34. The Morgan fingerprint density at radius 1 is 1.28 bits per heavy atom. The molecule has 1 unspecified atom stereocenters. The second-order valence-electron chi connectivity index (χ2n) is 5.11. The van der Waals surface area contributed by atoms with E-state index in [2.05, 4.69) is 23.5 Å². The van der Waals surface area contributed by atoms with E-state index in [0.29, 0.717) is 0 Å². The van der Waals surface area contributed by atoms with Gasteiger partial charge in [-0.05, 0) is 19.4 Å². The highest BCUT2D eigenvalue weighted by molar-refractivity contribution is 5.12. The molecule has 0 aromatic carbocycles. The smallest absolute Gasteiger partial charge is 0.0629 e. The molecule has 0 aliphatic heterocycles. The van der Waals surface area contributed by atoms with Gasteiger partial charge in [-0.25, -0.2) is 0 Å². The topological polar surface area (TPSA) is 55.9 Å². The summed E-state index contributed by atoms with van der Waals surface area (Å²) in [5.41, 5.74) is 5.15. The number of nitrogens with zero attached hydrogens (tertiary/aromatic N) is 2. The maximum Gasteiger partial charge on any atom is 0.0629 e. The molecule has 0 bridgehead atoms. The quantitative estimate of drug-likeness (QED) is 0.403. The van der Waals surface area contributed by atoms with Crippen molar-refractivity contribution in [2.75, 3.05) is 0 Å². The van der Waals surface area contributed by atoms with Crippen LogP contribution in [0, 0.1) is 6.92 Å². The van der Waals surface area contributed by atoms with Gasteiger partial charge in [0.25, 0.3) is 0 Å². The third kappa shape index (κ3) is 4.78. The largest absolute Gasteiger partial charge is 0.271 e. The standard InChI is InChI=1S/C14H28N4/c1-4-5-6-7-8-9-10-13(16-15)14-11-12(2)17-18(14)3/h11,13,16H,4-10,15H2,1-3H3. The number of hydrogen-bond acceptors (Lipinski definition) is 3. The first kappa shape index (κ1) is 15.2. The van der Waals surface area contributed by atoms with Crippen molar-refractivity contribution < 1.29 is 0 Å². The van der Waals surface area contributed by atoms with Crippen molar-refractivity contribution in [2.24, 2.45) is 12.9 Å². The zero-order valence-corrected chi connectivity index (χ0v) is 12.1. The predicted octanol–water partition coefficient (Wildman–Crippen LogP) is 2.98. The molecule has 0 saturated heterocycles. The number of aromatic nitrogens is 2. The Labute approximate surface area is 111 Å². The van der Waals surface area contributed by atoms with Crippen molar-refractivity contribution in [1.29, 1.82) is 0 Å². The van der Waals surface area contributed by atoms with E-state index >= 15 is 0 Å². The fourth-order valence-corrected chi connectivity index (χ4v) is 2.40. The monoisotopic (exact) mass is 252 g/mol. The molecule has 4 nitrogen and oxygen atoms in total. The summed E-state index contributed by atoms with van der Waals surface area (Å²) in [5, 5.41) is 4.37. The molecular weight excluding hydrogens is 224 g/mol. The normalized spacial score (nSPS) is 12.9. The molecule has 0 amide bonds. The maximum absolute atomic E-state index is 5.65. The first-order valence-corrected chi connectivity index (χ1v) is 7.15. The highest BCUT2D eigenvalue weighted by atomic mass is 15.3. The van der Waals surface area contributed by atoms with Gasteiger partial charge in [0.2, 0.25) is 0 Å². The van der Waals surface area contributed by atoms with Gasteiger partial charge in [0.15, 0.2) is 0 Å². The lowest BCUT2D eigenvalue weighted by atomic mass is 10.0. The van der Waals surface area contributed by atoms with Gasteiger partial charge in [-0.2, -0.15) is 5.10 Å². The molecule has 0 spiro atoms. The van der Waals surface area contributed by atoms with E-state index in [-0.39, 0.29) is 6.04 Å². The van der Waals surface area contributed by atoms with Gasteiger partial charge >= 0.3 is 0 Å². The molecule has 3 N–H and O–H groups in total. The Kier molecular flexibility index (Phi) is 6.98. The number of hydrazine groups is 1. The zero-order chi connectivity index (χ0) is 13.4. The van der Waals surface area contributed by atoms with Gasteiger partial charge in [-0.1, -0.05) is 45.4 Å². The lowest BCUT2D eigenvalue weighted by molar-refractivity contribution is 0.452. The molecule has 0 radical (unpaired) electrons. The van der Waals surface area contributed by atoms with Gasteiger partial charge < -0.3 is 0 Å². The van der Waals surface area contributed by atoms with E-state index in [0.717, 1.165) is 12.1 Å². The fourth-order valence-electron chi connectivity index (χ4n) is 2.40. The van der Waals surface area contributed by atoms with Crippen LogP contribution in [0.5, 0.6) is 0 Å². The van der Waals surface area contributed by atoms with Crippen molar-refractivity contribution in [3.05, 3.63) is 17.5 Å². The van der Waals surface area contributed by atoms with E-state index in [1.807, 2.05) is 18.7 Å². The number of aryl methyl sites for hydroxylation is 2. The van der Waals surface area contributed by atoms with E-state index < -0.39 is 0 Å². The second-order valence-corrected chi connectivity index (χ2v) is 5.11. The molecule has 1 aromatic rings. The number of nitrogens with two attached hydrogens (primary N) is 1. The molecule has 1 rings (SSSR count). The molecule has 18 heavy (non-hydrogen) atoms. The molecule has 0 aliphatic carbocycles. The summed E-state index contributed by atoms with van der Waals surface area (Å²) < 4.78 is 1.93. The third-order valence-electron chi connectivity index (χ3n) is 3.44. The highest BCUT2D eigenvalue weighted by Crippen LogP contribution is 2.20. The highest BCUT2D eigenvalue weighted by Gasteiger charge is 2.13. The van der Waals surface area contributed by atoms with Gasteiger partial charge in [0.1, 0.15) is 0 Å². The summed E-state index contributed by atoms with van der Waals surface area (Å²) in [4.78, 5) is 0. The molecule has 4 heteroatoms. The van der Waals surface area contributed by atoms with Crippen LogP contribution >= 0.6 is 0 Å². The van der Waals surface area contributed by atoms with Crippen LogP contribution in [-0.4, -0.2) is 9.78 Å². The molecule has 104 valence electrons. The third-order valence-corrected chi connectivity index (χ3v) is 3.44. The first-order chi connectivity index (χ1) is 8.69. The SMILES string of the molecule is CCCCCCCCC(NN)c1cc(C)nn1C. The molecule has 0 fully saturated rings. The Hall–Kier alpha value is -0.870.